The van der Waals surface area contributed by atoms with Crippen molar-refractivity contribution in [2.24, 2.45) is 0 Å². The Morgan fingerprint density at radius 1 is 1.20 bits per heavy atom. The number of nitrogens with zero attached hydrogens (tertiary/aromatic N) is 2. The molecule has 1 aliphatic rings. The van der Waals surface area contributed by atoms with E-state index in [1.807, 2.05) is 53.9 Å². The molecule has 0 unspecified atom stereocenters. The van der Waals surface area contributed by atoms with Gasteiger partial charge >= 0.3 is 0 Å². The van der Waals surface area contributed by atoms with Gasteiger partial charge in [0.25, 0.3) is 0 Å². The number of hydrogen-bond donors (Lipinski definition) is 0. The first kappa shape index (κ1) is 16.1. The number of hydrogen-bond acceptors (Lipinski definition) is 5. The maximum atomic E-state index is 9.55. The van der Waals surface area contributed by atoms with E-state index in [1.54, 1.807) is 0 Å². The van der Waals surface area contributed by atoms with Crippen molar-refractivity contribution in [3.63, 3.8) is 0 Å². The van der Waals surface area contributed by atoms with Crippen LogP contribution in [0.2, 0.25) is 0 Å². The Hall–Kier alpha value is -2.37. The molecule has 0 aliphatic carbocycles. The highest BCUT2D eigenvalue weighted by molar-refractivity contribution is 14.1. The van der Waals surface area contributed by atoms with Crippen LogP contribution in [-0.2, 0) is 0 Å². The molecular formula is C19H11IN2O2S. The van der Waals surface area contributed by atoms with Crippen LogP contribution in [0.5, 0.6) is 11.5 Å². The molecule has 1 aromatic heterocycles. The van der Waals surface area contributed by atoms with Crippen molar-refractivity contribution in [1.82, 2.24) is 4.98 Å². The van der Waals surface area contributed by atoms with E-state index in [0.29, 0.717) is 10.6 Å². The molecule has 0 bridgehead atoms. The van der Waals surface area contributed by atoms with E-state index in [1.165, 1.54) is 11.3 Å². The smallest absolute Gasteiger partial charge is 0.231 e. The molecule has 0 spiro atoms. The largest absolute Gasteiger partial charge is 0.454 e. The monoisotopic (exact) mass is 458 g/mol. The normalized spacial score (nSPS) is 12.9. The van der Waals surface area contributed by atoms with Gasteiger partial charge in [0, 0.05) is 14.5 Å². The lowest BCUT2D eigenvalue weighted by Gasteiger charge is -2.00. The number of ether oxygens (including phenoxy) is 2. The summed E-state index contributed by atoms with van der Waals surface area (Å²) in [4.78, 5) is 4.63. The number of aromatic nitrogens is 1. The van der Waals surface area contributed by atoms with Crippen molar-refractivity contribution >= 4 is 45.6 Å². The predicted octanol–water partition coefficient (Wildman–Crippen LogP) is 5.21. The van der Waals surface area contributed by atoms with Crippen LogP contribution in [0.3, 0.4) is 0 Å². The summed E-state index contributed by atoms with van der Waals surface area (Å²) < 4.78 is 11.8. The minimum atomic E-state index is 0.248. The molecule has 4 rings (SSSR count). The van der Waals surface area contributed by atoms with E-state index in [-0.39, 0.29) is 6.79 Å². The van der Waals surface area contributed by atoms with Crippen molar-refractivity contribution in [2.45, 2.75) is 0 Å². The first-order valence-corrected chi connectivity index (χ1v) is 9.43. The summed E-state index contributed by atoms with van der Waals surface area (Å²) in [6.07, 6.45) is 1.88. The van der Waals surface area contributed by atoms with Crippen LogP contribution >= 0.6 is 33.9 Å². The molecule has 0 amide bonds. The van der Waals surface area contributed by atoms with Gasteiger partial charge in [0.1, 0.15) is 11.1 Å². The van der Waals surface area contributed by atoms with Crippen molar-refractivity contribution < 1.29 is 9.47 Å². The average molecular weight is 458 g/mol. The zero-order chi connectivity index (χ0) is 17.2. The van der Waals surface area contributed by atoms with Gasteiger partial charge in [0.2, 0.25) is 6.79 Å². The molecule has 0 saturated heterocycles. The number of fused-ring (bicyclic) bond motifs is 1. The number of nitriles is 1. The Bertz CT molecular complexity index is 1020. The number of allylic oxidation sites excluding steroid dienone is 1. The summed E-state index contributed by atoms with van der Waals surface area (Å²) in [6.45, 7) is 0.248. The van der Waals surface area contributed by atoms with Crippen LogP contribution < -0.4 is 9.47 Å². The molecule has 4 nitrogen and oxygen atoms in total. The third-order valence-electron chi connectivity index (χ3n) is 3.73. The first-order chi connectivity index (χ1) is 12.2. The van der Waals surface area contributed by atoms with Crippen molar-refractivity contribution in [1.29, 1.82) is 5.26 Å². The predicted molar refractivity (Wildman–Crippen MR) is 106 cm³/mol. The summed E-state index contributed by atoms with van der Waals surface area (Å²) in [5, 5.41) is 12.2. The molecule has 0 saturated carbocycles. The van der Waals surface area contributed by atoms with E-state index in [0.717, 1.165) is 31.9 Å². The lowest BCUT2D eigenvalue weighted by Crippen LogP contribution is -1.92. The molecule has 25 heavy (non-hydrogen) atoms. The van der Waals surface area contributed by atoms with E-state index in [2.05, 4.69) is 33.6 Å². The minimum absolute atomic E-state index is 0.248. The van der Waals surface area contributed by atoms with Gasteiger partial charge in [0.15, 0.2) is 11.5 Å². The molecule has 0 fully saturated rings. The Balaban J connectivity index is 1.68. The van der Waals surface area contributed by atoms with Crippen LogP contribution in [0.25, 0.3) is 22.9 Å². The third kappa shape index (κ3) is 3.25. The average Bonchev–Trinajstić information content (AvgIpc) is 3.29. The highest BCUT2D eigenvalue weighted by Crippen LogP contribution is 2.36. The Morgan fingerprint density at radius 2 is 2.04 bits per heavy atom. The van der Waals surface area contributed by atoms with E-state index >= 15 is 0 Å². The van der Waals surface area contributed by atoms with Crippen molar-refractivity contribution in [2.75, 3.05) is 6.79 Å². The maximum absolute atomic E-state index is 9.55. The van der Waals surface area contributed by atoms with Gasteiger partial charge in [-0.1, -0.05) is 18.2 Å². The van der Waals surface area contributed by atoms with E-state index < -0.39 is 0 Å². The molecule has 1 aliphatic heterocycles. The number of thiazole rings is 1. The summed E-state index contributed by atoms with van der Waals surface area (Å²) in [5.41, 5.74) is 3.33. The topological polar surface area (TPSA) is 55.1 Å². The van der Waals surface area contributed by atoms with Crippen LogP contribution in [0.1, 0.15) is 10.6 Å². The molecule has 122 valence electrons. The molecule has 2 heterocycles. The lowest BCUT2D eigenvalue weighted by atomic mass is 10.1. The second-order valence-electron chi connectivity index (χ2n) is 5.30. The number of rotatable bonds is 3. The molecule has 2 aromatic carbocycles. The Morgan fingerprint density at radius 3 is 2.88 bits per heavy atom. The minimum Gasteiger partial charge on any atom is -0.454 e. The quantitative estimate of drug-likeness (QED) is 0.400. The summed E-state index contributed by atoms with van der Waals surface area (Å²) in [6, 6.07) is 15.9. The Labute approximate surface area is 162 Å². The van der Waals surface area contributed by atoms with Crippen LogP contribution in [-0.4, -0.2) is 11.8 Å². The van der Waals surface area contributed by atoms with E-state index in [4.69, 9.17) is 9.47 Å². The van der Waals surface area contributed by atoms with Gasteiger partial charge in [0.05, 0.1) is 11.3 Å². The molecule has 0 radical (unpaired) electrons. The summed E-state index contributed by atoms with van der Waals surface area (Å²) >= 11 is 3.72. The highest BCUT2D eigenvalue weighted by atomic mass is 127. The zero-order valence-corrected chi connectivity index (χ0v) is 15.9. The van der Waals surface area contributed by atoms with E-state index in [9.17, 15) is 5.26 Å². The Kier molecular flexibility index (Phi) is 4.42. The van der Waals surface area contributed by atoms with Gasteiger partial charge in [-0.05, 0) is 58.5 Å². The van der Waals surface area contributed by atoms with Crippen LogP contribution in [0, 0.1) is 14.9 Å². The fourth-order valence-electron chi connectivity index (χ4n) is 2.48. The standard InChI is InChI=1S/C19H11IN2O2S/c20-15-4-2-1-3-12(15)7-14(9-21)19-22-16(10-25-19)13-5-6-17-18(8-13)24-11-23-17/h1-8,10H,11H2. The molecule has 0 atom stereocenters. The lowest BCUT2D eigenvalue weighted by molar-refractivity contribution is 0.174. The molecular weight excluding hydrogens is 447 g/mol. The van der Waals surface area contributed by atoms with Crippen LogP contribution in [0.4, 0.5) is 0 Å². The second kappa shape index (κ2) is 6.86. The number of halogens is 1. The van der Waals surface area contributed by atoms with Crippen molar-refractivity contribution in [3.8, 4) is 28.8 Å². The van der Waals surface area contributed by atoms with Crippen LogP contribution in [0.15, 0.2) is 47.8 Å². The second-order valence-corrected chi connectivity index (χ2v) is 7.32. The summed E-state index contributed by atoms with van der Waals surface area (Å²) in [7, 11) is 0. The van der Waals surface area contributed by atoms with Gasteiger partial charge in [-0.3, -0.25) is 0 Å². The number of benzene rings is 2. The first-order valence-electron chi connectivity index (χ1n) is 7.47. The van der Waals surface area contributed by atoms with Crippen molar-refractivity contribution in [3.05, 3.63) is 62.0 Å². The molecule has 3 aromatic rings. The molecule has 6 heteroatoms. The third-order valence-corrected chi connectivity index (χ3v) is 5.59. The SMILES string of the molecule is N#CC(=Cc1ccccc1I)c1nc(-c2ccc3c(c2)OCO3)cs1. The zero-order valence-electron chi connectivity index (χ0n) is 12.9. The molecule has 0 N–H and O–H groups in total. The fraction of sp³-hybridized carbons (Fsp3) is 0.0526. The van der Waals surface area contributed by atoms with Gasteiger partial charge in [-0.25, -0.2) is 4.98 Å². The fourth-order valence-corrected chi connectivity index (χ4v) is 3.81. The highest BCUT2D eigenvalue weighted by Gasteiger charge is 2.16. The van der Waals surface area contributed by atoms with Gasteiger partial charge in [-0.2, -0.15) is 5.26 Å². The maximum Gasteiger partial charge on any atom is 0.231 e. The van der Waals surface area contributed by atoms with Gasteiger partial charge in [-0.15, -0.1) is 11.3 Å². The van der Waals surface area contributed by atoms with Gasteiger partial charge < -0.3 is 9.47 Å². The summed E-state index contributed by atoms with van der Waals surface area (Å²) in [5.74, 6) is 1.47.